The van der Waals surface area contributed by atoms with Crippen molar-refractivity contribution in [2.45, 2.75) is 45.6 Å². The van der Waals surface area contributed by atoms with Crippen molar-refractivity contribution in [3.63, 3.8) is 0 Å². The highest BCUT2D eigenvalue weighted by atomic mass is 32.1. The van der Waals surface area contributed by atoms with Gasteiger partial charge in [-0.2, -0.15) is 0 Å². The highest BCUT2D eigenvalue weighted by Gasteiger charge is 2.06. The first kappa shape index (κ1) is 18.5. The molecule has 0 amide bonds. The lowest BCUT2D eigenvalue weighted by molar-refractivity contribution is 0.593. The van der Waals surface area contributed by atoms with Gasteiger partial charge in [-0.15, -0.1) is 11.3 Å². The molecule has 24 heavy (non-hydrogen) atoms. The molecule has 1 aromatic carbocycles. The summed E-state index contributed by atoms with van der Waals surface area (Å²) in [6, 6.07) is 11.0. The summed E-state index contributed by atoms with van der Waals surface area (Å²) < 4.78 is 0. The number of aromatic nitrogens is 1. The maximum atomic E-state index is 4.45. The van der Waals surface area contributed by atoms with Gasteiger partial charge in [-0.1, -0.05) is 37.3 Å². The van der Waals surface area contributed by atoms with Crippen molar-refractivity contribution < 1.29 is 0 Å². The molecule has 1 heterocycles. The molecule has 1 unspecified atom stereocenters. The number of aliphatic imine (C=N–C) groups is 1. The number of hydrogen-bond donors (Lipinski definition) is 2. The Kier molecular flexibility index (Phi) is 7.75. The van der Waals surface area contributed by atoms with Gasteiger partial charge < -0.3 is 10.6 Å². The Morgan fingerprint density at radius 3 is 2.71 bits per heavy atom. The lowest BCUT2D eigenvalue weighted by atomic mass is 10.1. The summed E-state index contributed by atoms with van der Waals surface area (Å²) in [5.74, 6) is 0.864. The van der Waals surface area contributed by atoms with Crippen molar-refractivity contribution in [3.05, 3.63) is 52.0 Å². The molecule has 1 aromatic heterocycles. The van der Waals surface area contributed by atoms with E-state index in [0.29, 0.717) is 6.04 Å². The molecule has 0 saturated carbocycles. The van der Waals surface area contributed by atoms with Crippen LogP contribution in [-0.4, -0.2) is 30.6 Å². The normalized spacial score (nSPS) is 12.9. The molecule has 0 fully saturated rings. The topological polar surface area (TPSA) is 49.3 Å². The van der Waals surface area contributed by atoms with Gasteiger partial charge >= 0.3 is 0 Å². The number of benzene rings is 1. The van der Waals surface area contributed by atoms with Crippen LogP contribution in [0.5, 0.6) is 0 Å². The van der Waals surface area contributed by atoms with Crippen LogP contribution in [0.4, 0.5) is 0 Å². The summed E-state index contributed by atoms with van der Waals surface area (Å²) in [6.07, 6.45) is 6.14. The second-order valence-electron chi connectivity index (χ2n) is 5.89. The van der Waals surface area contributed by atoms with E-state index in [9.17, 15) is 0 Å². The van der Waals surface area contributed by atoms with Crippen LogP contribution in [0, 0.1) is 0 Å². The average Bonchev–Trinajstić information content (AvgIpc) is 3.08. The third-order valence-corrected chi connectivity index (χ3v) is 5.10. The van der Waals surface area contributed by atoms with Crippen LogP contribution < -0.4 is 10.6 Å². The molecule has 2 rings (SSSR count). The van der Waals surface area contributed by atoms with E-state index in [0.717, 1.165) is 38.2 Å². The van der Waals surface area contributed by atoms with Gasteiger partial charge in [0.1, 0.15) is 0 Å². The molecule has 2 N–H and O–H groups in total. The van der Waals surface area contributed by atoms with E-state index in [2.05, 4.69) is 64.8 Å². The fourth-order valence-electron chi connectivity index (χ4n) is 2.44. The summed E-state index contributed by atoms with van der Waals surface area (Å²) in [5, 5.41) is 8.03. The number of nitrogens with zero attached hydrogens (tertiary/aromatic N) is 2. The van der Waals surface area contributed by atoms with Gasteiger partial charge in [0, 0.05) is 37.1 Å². The summed E-state index contributed by atoms with van der Waals surface area (Å²) in [6.45, 7) is 5.21. The van der Waals surface area contributed by atoms with Crippen molar-refractivity contribution in [1.82, 2.24) is 15.6 Å². The van der Waals surface area contributed by atoms with E-state index >= 15 is 0 Å². The van der Waals surface area contributed by atoms with Gasteiger partial charge in [0.2, 0.25) is 0 Å². The highest BCUT2D eigenvalue weighted by molar-refractivity contribution is 7.11. The summed E-state index contributed by atoms with van der Waals surface area (Å²) in [7, 11) is 1.82. The Bertz CT molecular complexity index is 621. The molecule has 130 valence electrons. The number of aryl methyl sites for hydroxylation is 2. The van der Waals surface area contributed by atoms with Crippen molar-refractivity contribution in [1.29, 1.82) is 0 Å². The average molecular weight is 345 g/mol. The quantitative estimate of drug-likeness (QED) is 0.570. The van der Waals surface area contributed by atoms with Crippen molar-refractivity contribution in [3.8, 4) is 0 Å². The van der Waals surface area contributed by atoms with E-state index in [1.165, 1.54) is 15.4 Å². The summed E-state index contributed by atoms with van der Waals surface area (Å²) in [5.41, 5.74) is 1.38. The van der Waals surface area contributed by atoms with E-state index < -0.39 is 0 Å². The lowest BCUT2D eigenvalue weighted by Crippen LogP contribution is -2.43. The van der Waals surface area contributed by atoms with E-state index in [1.54, 1.807) is 11.3 Å². The minimum absolute atomic E-state index is 0.378. The Morgan fingerprint density at radius 2 is 2.04 bits per heavy atom. The van der Waals surface area contributed by atoms with Crippen LogP contribution in [0.25, 0.3) is 0 Å². The molecule has 1 atom stereocenters. The second kappa shape index (κ2) is 10.1. The monoisotopic (exact) mass is 344 g/mol. The smallest absolute Gasteiger partial charge is 0.191 e. The number of nitrogens with one attached hydrogen (secondary N) is 2. The minimum Gasteiger partial charge on any atom is -0.356 e. The lowest BCUT2D eigenvalue weighted by Gasteiger charge is -2.17. The van der Waals surface area contributed by atoms with Crippen LogP contribution in [-0.2, 0) is 19.3 Å². The Hall–Kier alpha value is -1.88. The van der Waals surface area contributed by atoms with Gasteiger partial charge in [0.05, 0.1) is 5.01 Å². The fraction of sp³-hybridized carbons (Fsp3) is 0.474. The number of guanidine groups is 1. The largest absolute Gasteiger partial charge is 0.356 e. The third kappa shape index (κ3) is 6.32. The van der Waals surface area contributed by atoms with Crippen LogP contribution in [0.15, 0.2) is 41.5 Å². The van der Waals surface area contributed by atoms with Crippen LogP contribution >= 0.6 is 11.3 Å². The number of hydrogen-bond acceptors (Lipinski definition) is 3. The van der Waals surface area contributed by atoms with Gasteiger partial charge in [-0.3, -0.25) is 4.99 Å². The molecule has 5 heteroatoms. The molecule has 0 aliphatic heterocycles. The van der Waals surface area contributed by atoms with Crippen LogP contribution in [0.2, 0.25) is 0 Å². The highest BCUT2D eigenvalue weighted by Crippen LogP contribution is 2.13. The molecule has 0 aliphatic carbocycles. The Labute approximate surface area is 149 Å². The van der Waals surface area contributed by atoms with E-state index in [1.807, 2.05) is 13.2 Å². The molecule has 0 radical (unpaired) electrons. The van der Waals surface area contributed by atoms with Crippen LogP contribution in [0.3, 0.4) is 0 Å². The van der Waals surface area contributed by atoms with Crippen molar-refractivity contribution in [2.24, 2.45) is 4.99 Å². The van der Waals surface area contributed by atoms with E-state index in [-0.39, 0.29) is 0 Å². The first-order chi connectivity index (χ1) is 11.7. The van der Waals surface area contributed by atoms with E-state index in [4.69, 9.17) is 0 Å². The molecule has 4 nitrogen and oxygen atoms in total. The molecule has 2 aromatic rings. The maximum Gasteiger partial charge on any atom is 0.191 e. The maximum absolute atomic E-state index is 4.45. The molecule has 0 bridgehead atoms. The van der Waals surface area contributed by atoms with Crippen molar-refractivity contribution >= 4 is 17.3 Å². The zero-order valence-corrected chi connectivity index (χ0v) is 15.7. The number of thiazole rings is 1. The zero-order chi connectivity index (χ0) is 17.2. The Morgan fingerprint density at radius 1 is 1.25 bits per heavy atom. The minimum atomic E-state index is 0.378. The molecule has 0 spiro atoms. The molecule has 0 saturated heterocycles. The summed E-state index contributed by atoms with van der Waals surface area (Å²) in [4.78, 5) is 10.1. The standard InChI is InChI=1S/C19H28N4S/c1-4-17-14-22-18(24-17)12-13-21-19(20-3)23-15(2)10-11-16-8-6-5-7-9-16/h5-9,14-15H,4,10-13H2,1-3H3,(H2,20,21,23). The van der Waals surface area contributed by atoms with Gasteiger partial charge in [0.15, 0.2) is 5.96 Å². The SMILES string of the molecule is CCc1cnc(CCNC(=NC)NC(C)CCc2ccccc2)s1. The molecular formula is C19H28N4S. The second-order valence-corrected chi connectivity index (χ2v) is 7.09. The third-order valence-electron chi connectivity index (χ3n) is 3.90. The van der Waals surface area contributed by atoms with Gasteiger partial charge in [0.25, 0.3) is 0 Å². The molecular weight excluding hydrogens is 316 g/mol. The first-order valence-electron chi connectivity index (χ1n) is 8.66. The summed E-state index contributed by atoms with van der Waals surface area (Å²) >= 11 is 1.80. The van der Waals surface area contributed by atoms with Gasteiger partial charge in [-0.05, 0) is 31.7 Å². The molecule has 0 aliphatic rings. The fourth-order valence-corrected chi connectivity index (χ4v) is 3.30. The zero-order valence-electron chi connectivity index (χ0n) is 14.9. The first-order valence-corrected chi connectivity index (χ1v) is 9.47. The predicted octanol–water partition coefficient (Wildman–Crippen LogP) is 3.43. The number of rotatable bonds is 8. The predicted molar refractivity (Wildman–Crippen MR) is 104 cm³/mol. The van der Waals surface area contributed by atoms with Gasteiger partial charge in [-0.25, -0.2) is 4.98 Å². The van der Waals surface area contributed by atoms with Crippen molar-refractivity contribution in [2.75, 3.05) is 13.6 Å². The Balaban J connectivity index is 1.69. The van der Waals surface area contributed by atoms with Crippen LogP contribution in [0.1, 0.15) is 35.7 Å².